The van der Waals surface area contributed by atoms with Crippen molar-refractivity contribution in [2.75, 3.05) is 14.2 Å². The molecule has 1 atom stereocenters. The monoisotopic (exact) mass is 267 g/mol. The highest BCUT2D eigenvalue weighted by Crippen LogP contribution is 2.32. The van der Waals surface area contributed by atoms with Gasteiger partial charge in [-0.15, -0.1) is 0 Å². The van der Waals surface area contributed by atoms with Crippen LogP contribution in [0.1, 0.15) is 25.8 Å². The summed E-state index contributed by atoms with van der Waals surface area (Å²) in [5.74, 6) is 0.382. The zero-order valence-corrected chi connectivity index (χ0v) is 12.3. The van der Waals surface area contributed by atoms with Gasteiger partial charge in [0.1, 0.15) is 5.75 Å². The largest absolute Gasteiger partial charge is 0.462 e. The van der Waals surface area contributed by atoms with Gasteiger partial charge in [0.15, 0.2) is 0 Å². The predicted molar refractivity (Wildman–Crippen MR) is 70.0 cm³/mol. The van der Waals surface area contributed by atoms with Gasteiger partial charge in [-0.1, -0.05) is 13.0 Å². The van der Waals surface area contributed by atoms with E-state index in [4.69, 9.17) is 18.3 Å². The van der Waals surface area contributed by atoms with Crippen molar-refractivity contribution in [3.05, 3.63) is 23.8 Å². The van der Waals surface area contributed by atoms with Gasteiger partial charge in [0.05, 0.1) is 6.61 Å². The second-order valence-corrected chi connectivity index (χ2v) is 6.37. The lowest BCUT2D eigenvalue weighted by atomic mass is 10.1. The quantitative estimate of drug-likeness (QED) is 0.778. The third-order valence-electron chi connectivity index (χ3n) is 3.17. The van der Waals surface area contributed by atoms with E-state index in [1.54, 1.807) is 14.2 Å². The fourth-order valence-corrected chi connectivity index (χ4v) is 3.05. The molecule has 1 heterocycles. The molecule has 0 amide bonds. The Hall–Kier alpha value is -0.883. The zero-order valence-electron chi connectivity index (χ0n) is 11.3. The van der Waals surface area contributed by atoms with Crippen molar-refractivity contribution in [2.24, 2.45) is 0 Å². The lowest BCUT2D eigenvalue weighted by molar-refractivity contribution is -0.194. The summed E-state index contributed by atoms with van der Waals surface area (Å²) >= 11 is 0. The first-order chi connectivity index (χ1) is 8.61. The van der Waals surface area contributed by atoms with Gasteiger partial charge in [-0.05, 0) is 17.3 Å². The SMILES string of the molecule is CCC1(C)OCc2cc([Si](OC)OC)ccc2O1. The Kier molecular flexibility index (Phi) is 4.06. The van der Waals surface area contributed by atoms with Gasteiger partial charge in [-0.3, -0.25) is 0 Å². The number of hydrogen-bond acceptors (Lipinski definition) is 4. The number of benzene rings is 1. The first-order valence-electron chi connectivity index (χ1n) is 6.03. The third-order valence-corrected chi connectivity index (χ3v) is 4.69. The minimum absolute atomic E-state index is 0.509. The maximum atomic E-state index is 5.88. The lowest BCUT2D eigenvalue weighted by Gasteiger charge is -2.35. The van der Waals surface area contributed by atoms with E-state index in [-0.39, 0.29) is 0 Å². The van der Waals surface area contributed by atoms with E-state index >= 15 is 0 Å². The molecule has 1 aliphatic heterocycles. The smallest absolute Gasteiger partial charge is 0.423 e. The maximum Gasteiger partial charge on any atom is 0.423 e. The van der Waals surface area contributed by atoms with Crippen LogP contribution in [0.15, 0.2) is 18.2 Å². The Bertz CT molecular complexity index is 419. The molecule has 0 N–H and O–H groups in total. The van der Waals surface area contributed by atoms with Crippen LogP contribution in [0.2, 0.25) is 0 Å². The molecule has 18 heavy (non-hydrogen) atoms. The Morgan fingerprint density at radius 1 is 1.33 bits per heavy atom. The lowest BCUT2D eigenvalue weighted by Crippen LogP contribution is -2.40. The van der Waals surface area contributed by atoms with Crippen LogP contribution in [0.4, 0.5) is 0 Å². The van der Waals surface area contributed by atoms with Crippen LogP contribution in [-0.4, -0.2) is 29.3 Å². The zero-order chi connectivity index (χ0) is 13.2. The fourth-order valence-electron chi connectivity index (χ4n) is 1.90. The molecule has 0 saturated carbocycles. The van der Waals surface area contributed by atoms with Crippen molar-refractivity contribution in [3.8, 4) is 5.75 Å². The molecule has 1 unspecified atom stereocenters. The van der Waals surface area contributed by atoms with Crippen LogP contribution in [0.25, 0.3) is 0 Å². The molecule has 0 aromatic heterocycles. The van der Waals surface area contributed by atoms with Crippen LogP contribution in [0.3, 0.4) is 0 Å². The highest BCUT2D eigenvalue weighted by atomic mass is 28.3. The van der Waals surface area contributed by atoms with Crippen LogP contribution in [0.5, 0.6) is 5.75 Å². The van der Waals surface area contributed by atoms with E-state index in [0.29, 0.717) is 6.61 Å². The van der Waals surface area contributed by atoms with Crippen LogP contribution < -0.4 is 9.92 Å². The Morgan fingerprint density at radius 3 is 2.67 bits per heavy atom. The summed E-state index contributed by atoms with van der Waals surface area (Å²) in [4.78, 5) is 0. The van der Waals surface area contributed by atoms with E-state index in [9.17, 15) is 0 Å². The van der Waals surface area contributed by atoms with E-state index in [1.807, 2.05) is 25.1 Å². The van der Waals surface area contributed by atoms with Crippen LogP contribution >= 0.6 is 0 Å². The molecule has 2 rings (SSSR count). The van der Waals surface area contributed by atoms with E-state index in [2.05, 4.69) is 6.92 Å². The summed E-state index contributed by atoms with van der Waals surface area (Å²) in [5, 5.41) is 1.07. The predicted octanol–water partition coefficient (Wildman–Crippen LogP) is 1.71. The van der Waals surface area contributed by atoms with Gasteiger partial charge < -0.3 is 18.3 Å². The molecule has 1 aromatic rings. The normalized spacial score (nSPS) is 22.7. The fraction of sp³-hybridized carbons (Fsp3) is 0.538. The number of ether oxygens (including phenoxy) is 2. The molecular formula is C13H19O4Si. The van der Waals surface area contributed by atoms with Gasteiger partial charge in [0.2, 0.25) is 5.79 Å². The van der Waals surface area contributed by atoms with E-state index in [1.165, 1.54) is 0 Å². The minimum atomic E-state index is -1.38. The van der Waals surface area contributed by atoms with Gasteiger partial charge in [0.25, 0.3) is 0 Å². The highest BCUT2D eigenvalue weighted by Gasteiger charge is 2.31. The molecule has 1 radical (unpaired) electrons. The molecule has 5 heteroatoms. The van der Waals surface area contributed by atoms with Crippen LogP contribution in [-0.2, 0) is 20.2 Å². The van der Waals surface area contributed by atoms with Gasteiger partial charge >= 0.3 is 9.28 Å². The van der Waals surface area contributed by atoms with Crippen molar-refractivity contribution < 1.29 is 18.3 Å². The highest BCUT2D eigenvalue weighted by molar-refractivity contribution is 6.61. The minimum Gasteiger partial charge on any atom is -0.462 e. The molecule has 1 aromatic carbocycles. The summed E-state index contributed by atoms with van der Waals surface area (Å²) in [6.45, 7) is 4.58. The van der Waals surface area contributed by atoms with Crippen molar-refractivity contribution >= 4 is 14.5 Å². The number of rotatable bonds is 4. The standard InChI is InChI=1S/C13H19O4Si/c1-5-13(2)16-9-10-8-11(18(14-3)15-4)6-7-12(10)17-13/h6-8H,5,9H2,1-4H3. The average molecular weight is 267 g/mol. The summed E-state index contributed by atoms with van der Waals surface area (Å²) in [6, 6.07) is 6.03. The number of fused-ring (bicyclic) bond motifs is 1. The summed E-state index contributed by atoms with van der Waals surface area (Å²) in [5.41, 5.74) is 1.05. The van der Waals surface area contributed by atoms with Gasteiger partial charge in [-0.25, -0.2) is 0 Å². The van der Waals surface area contributed by atoms with Crippen molar-refractivity contribution in [1.29, 1.82) is 0 Å². The molecule has 4 nitrogen and oxygen atoms in total. The molecule has 1 aliphatic rings. The molecule has 0 spiro atoms. The first-order valence-corrected chi connectivity index (χ1v) is 7.34. The first kappa shape index (κ1) is 13.5. The summed E-state index contributed by atoms with van der Waals surface area (Å²) in [7, 11) is 1.95. The molecule has 0 aliphatic carbocycles. The Balaban J connectivity index is 2.25. The third kappa shape index (κ3) is 2.59. The second-order valence-electron chi connectivity index (χ2n) is 4.40. The van der Waals surface area contributed by atoms with Crippen molar-refractivity contribution in [3.63, 3.8) is 0 Å². The molecule has 0 fully saturated rings. The average Bonchev–Trinajstić information content (AvgIpc) is 2.40. The van der Waals surface area contributed by atoms with Crippen molar-refractivity contribution in [2.45, 2.75) is 32.7 Å². The topological polar surface area (TPSA) is 36.9 Å². The molecule has 0 bridgehead atoms. The number of hydrogen-bond donors (Lipinski definition) is 0. The van der Waals surface area contributed by atoms with E-state index in [0.717, 1.165) is 22.9 Å². The summed E-state index contributed by atoms with van der Waals surface area (Å²) < 4.78 is 22.3. The van der Waals surface area contributed by atoms with E-state index < -0.39 is 15.1 Å². The maximum absolute atomic E-state index is 5.88. The summed E-state index contributed by atoms with van der Waals surface area (Å²) in [6.07, 6.45) is 0.819. The van der Waals surface area contributed by atoms with Crippen LogP contribution in [0, 0.1) is 0 Å². The Labute approximate surface area is 110 Å². The van der Waals surface area contributed by atoms with Crippen molar-refractivity contribution in [1.82, 2.24) is 0 Å². The molecule has 0 saturated heterocycles. The second kappa shape index (κ2) is 5.40. The van der Waals surface area contributed by atoms with Gasteiger partial charge in [0, 0.05) is 33.1 Å². The van der Waals surface area contributed by atoms with Gasteiger partial charge in [-0.2, -0.15) is 0 Å². The molecular weight excluding hydrogens is 248 g/mol. The molecule has 99 valence electrons. The Morgan fingerprint density at radius 2 is 2.06 bits per heavy atom.